The molecule has 2 rings (SSSR count). The van der Waals surface area contributed by atoms with Gasteiger partial charge in [0.15, 0.2) is 0 Å². The lowest BCUT2D eigenvalue weighted by atomic mass is 9.69. The zero-order valence-electron chi connectivity index (χ0n) is 15.1. The van der Waals surface area contributed by atoms with Crippen LogP contribution in [0.3, 0.4) is 0 Å². The normalized spacial score (nSPS) is 20.1. The highest BCUT2D eigenvalue weighted by Crippen LogP contribution is 2.42. The Hall–Kier alpha value is -1.11. The number of sulfone groups is 1. The van der Waals surface area contributed by atoms with Crippen LogP contribution in [0.15, 0.2) is 24.3 Å². The molecule has 1 aliphatic carbocycles. The number of benzene rings is 1. The summed E-state index contributed by atoms with van der Waals surface area (Å²) in [6, 6.07) is 7.61. The molecular weight excluding hydrogens is 360 g/mol. The lowest BCUT2D eigenvalue weighted by Gasteiger charge is -2.37. The van der Waals surface area contributed by atoms with Crippen molar-refractivity contribution in [3.63, 3.8) is 0 Å². The number of amides is 1. The van der Waals surface area contributed by atoms with Gasteiger partial charge in [0.1, 0.15) is 9.84 Å². The first-order valence-electron chi connectivity index (χ1n) is 8.40. The summed E-state index contributed by atoms with van der Waals surface area (Å²) in [7, 11) is -3.10. The van der Waals surface area contributed by atoms with Crippen LogP contribution in [0.1, 0.15) is 50.2 Å². The molecule has 0 radical (unpaired) electrons. The third-order valence-electron chi connectivity index (χ3n) is 4.91. The van der Waals surface area contributed by atoms with Crippen LogP contribution in [0.5, 0.6) is 0 Å². The van der Waals surface area contributed by atoms with Crippen molar-refractivity contribution in [2.24, 2.45) is 5.73 Å². The molecule has 0 aliphatic heterocycles. The molecule has 1 aromatic rings. The Morgan fingerprint density at radius 3 is 2.64 bits per heavy atom. The second kappa shape index (κ2) is 8.52. The molecule has 0 bridgehead atoms. The highest BCUT2D eigenvalue weighted by molar-refractivity contribution is 7.90. The number of hydrogen-bond donors (Lipinski definition) is 2. The number of fused-ring (bicyclic) bond motifs is 1. The molecular formula is C18H29ClN2O3S. The Labute approximate surface area is 157 Å². The summed E-state index contributed by atoms with van der Waals surface area (Å²) < 4.78 is 22.3. The molecule has 5 nitrogen and oxygen atoms in total. The second-order valence-electron chi connectivity index (χ2n) is 7.48. The van der Waals surface area contributed by atoms with Crippen LogP contribution in [0.4, 0.5) is 0 Å². The fourth-order valence-corrected chi connectivity index (χ4v) is 4.02. The van der Waals surface area contributed by atoms with Gasteiger partial charge in [-0.2, -0.15) is 0 Å². The van der Waals surface area contributed by atoms with E-state index in [1.807, 2.05) is 6.07 Å². The number of nitrogens with one attached hydrogen (secondary N) is 1. The van der Waals surface area contributed by atoms with Gasteiger partial charge in [0, 0.05) is 18.7 Å². The summed E-state index contributed by atoms with van der Waals surface area (Å²) in [5, 5.41) is 2.90. The van der Waals surface area contributed by atoms with Crippen molar-refractivity contribution in [2.75, 3.05) is 18.6 Å². The van der Waals surface area contributed by atoms with Crippen LogP contribution in [0.25, 0.3) is 0 Å². The smallest absolute Gasteiger partial charge is 0.236 e. The Bertz CT molecular complexity index is 704. The number of carbonyl (C=O) groups excluding carboxylic acids is 1. The van der Waals surface area contributed by atoms with Crippen LogP contribution in [0.2, 0.25) is 0 Å². The van der Waals surface area contributed by atoms with Crippen molar-refractivity contribution in [1.29, 1.82) is 0 Å². The van der Waals surface area contributed by atoms with E-state index in [0.717, 1.165) is 19.1 Å². The third-order valence-corrected chi connectivity index (χ3v) is 5.88. The van der Waals surface area contributed by atoms with Gasteiger partial charge >= 0.3 is 0 Å². The van der Waals surface area contributed by atoms with Crippen molar-refractivity contribution in [3.05, 3.63) is 35.4 Å². The van der Waals surface area contributed by atoms with Gasteiger partial charge in [-0.3, -0.25) is 4.79 Å². The zero-order chi connectivity index (χ0) is 18.0. The minimum Gasteiger partial charge on any atom is -0.354 e. The summed E-state index contributed by atoms with van der Waals surface area (Å²) in [6.07, 6.45) is 3.39. The Morgan fingerprint density at radius 2 is 2.00 bits per heavy atom. The van der Waals surface area contributed by atoms with Gasteiger partial charge in [0.25, 0.3) is 0 Å². The minimum absolute atomic E-state index is 0. The molecule has 2 atom stereocenters. The van der Waals surface area contributed by atoms with E-state index in [1.165, 1.54) is 11.1 Å². The zero-order valence-corrected chi connectivity index (χ0v) is 16.8. The largest absolute Gasteiger partial charge is 0.354 e. The number of carbonyl (C=O) groups is 1. The predicted molar refractivity (Wildman–Crippen MR) is 104 cm³/mol. The van der Waals surface area contributed by atoms with Crippen molar-refractivity contribution in [2.45, 2.75) is 50.5 Å². The molecule has 0 fully saturated rings. The number of halogens is 1. The maximum atomic E-state index is 12.1. The van der Waals surface area contributed by atoms with Crippen LogP contribution in [-0.2, 0) is 20.0 Å². The Kier molecular flexibility index (Phi) is 7.47. The van der Waals surface area contributed by atoms with E-state index in [2.05, 4.69) is 37.4 Å². The minimum atomic E-state index is -3.10. The number of hydrogen-bond acceptors (Lipinski definition) is 4. The van der Waals surface area contributed by atoms with Gasteiger partial charge in [-0.05, 0) is 35.8 Å². The van der Waals surface area contributed by atoms with Gasteiger partial charge in [-0.25, -0.2) is 8.42 Å². The van der Waals surface area contributed by atoms with E-state index in [4.69, 9.17) is 5.73 Å². The maximum Gasteiger partial charge on any atom is 0.236 e. The summed E-state index contributed by atoms with van der Waals surface area (Å²) in [5.74, 6) is -0.0663. The van der Waals surface area contributed by atoms with Crippen molar-refractivity contribution in [3.8, 4) is 0 Å². The average Bonchev–Trinajstić information content (AvgIpc) is 2.51. The highest BCUT2D eigenvalue weighted by Gasteiger charge is 2.32. The van der Waals surface area contributed by atoms with Crippen LogP contribution in [-0.4, -0.2) is 38.9 Å². The van der Waals surface area contributed by atoms with Gasteiger partial charge in [0.05, 0.1) is 11.8 Å². The van der Waals surface area contributed by atoms with E-state index in [1.54, 1.807) is 0 Å². The SMILES string of the molecule is CC1(C)CCC(CNC(=O)C(N)CCS(C)(=O)=O)c2ccccc21.Cl. The van der Waals surface area contributed by atoms with E-state index in [9.17, 15) is 13.2 Å². The maximum absolute atomic E-state index is 12.1. The predicted octanol–water partition coefficient (Wildman–Crippen LogP) is 2.14. The molecule has 1 aliphatic rings. The molecule has 142 valence electrons. The van der Waals surface area contributed by atoms with E-state index < -0.39 is 15.9 Å². The van der Waals surface area contributed by atoms with Crippen molar-refractivity contribution in [1.82, 2.24) is 5.32 Å². The molecule has 7 heteroatoms. The fourth-order valence-electron chi connectivity index (χ4n) is 3.33. The molecule has 0 heterocycles. The molecule has 0 saturated carbocycles. The fraction of sp³-hybridized carbons (Fsp3) is 0.611. The topological polar surface area (TPSA) is 89.3 Å². The first-order chi connectivity index (χ1) is 11.1. The Balaban J connectivity index is 0.00000312. The molecule has 0 aromatic heterocycles. The lowest BCUT2D eigenvalue weighted by Crippen LogP contribution is -2.43. The van der Waals surface area contributed by atoms with Gasteiger partial charge in [-0.15, -0.1) is 12.4 Å². The molecule has 25 heavy (non-hydrogen) atoms. The molecule has 0 spiro atoms. The van der Waals surface area contributed by atoms with E-state index >= 15 is 0 Å². The molecule has 2 unspecified atom stereocenters. The summed E-state index contributed by atoms with van der Waals surface area (Å²) in [6.45, 7) is 5.04. The number of nitrogens with two attached hydrogens (primary N) is 1. The Morgan fingerprint density at radius 1 is 1.36 bits per heavy atom. The molecule has 3 N–H and O–H groups in total. The van der Waals surface area contributed by atoms with Gasteiger partial charge < -0.3 is 11.1 Å². The van der Waals surface area contributed by atoms with Crippen LogP contribution in [0, 0.1) is 0 Å². The highest BCUT2D eigenvalue weighted by atomic mass is 35.5. The van der Waals surface area contributed by atoms with Gasteiger partial charge in [0.2, 0.25) is 5.91 Å². The quantitative estimate of drug-likeness (QED) is 0.781. The van der Waals surface area contributed by atoms with Gasteiger partial charge in [-0.1, -0.05) is 38.1 Å². The first-order valence-corrected chi connectivity index (χ1v) is 10.5. The van der Waals surface area contributed by atoms with Crippen molar-refractivity contribution < 1.29 is 13.2 Å². The van der Waals surface area contributed by atoms with Crippen LogP contribution < -0.4 is 11.1 Å². The second-order valence-corrected chi connectivity index (χ2v) is 9.74. The average molecular weight is 389 g/mol. The van der Waals surface area contributed by atoms with E-state index in [-0.39, 0.29) is 41.8 Å². The standard InChI is InChI=1S/C18H28N2O3S.ClH/c1-18(2)10-8-13(14-6-4-5-7-15(14)18)12-20-17(21)16(19)9-11-24(3,22)23;/h4-7,13,16H,8-12,19H2,1-3H3,(H,20,21);1H. The summed E-state index contributed by atoms with van der Waals surface area (Å²) in [5.41, 5.74) is 8.59. The molecule has 1 aromatic carbocycles. The molecule has 0 saturated heterocycles. The number of rotatable bonds is 6. The third kappa shape index (κ3) is 5.97. The van der Waals surface area contributed by atoms with Crippen molar-refractivity contribution >= 4 is 28.2 Å². The lowest BCUT2D eigenvalue weighted by molar-refractivity contribution is -0.122. The summed E-state index contributed by atoms with van der Waals surface area (Å²) >= 11 is 0. The molecule has 1 amide bonds. The summed E-state index contributed by atoms with van der Waals surface area (Å²) in [4.78, 5) is 12.1. The van der Waals surface area contributed by atoms with Crippen LogP contribution >= 0.6 is 12.4 Å². The van der Waals surface area contributed by atoms with E-state index in [0.29, 0.717) is 6.54 Å². The first kappa shape index (κ1) is 21.9. The monoisotopic (exact) mass is 388 g/mol.